The van der Waals surface area contributed by atoms with Crippen molar-refractivity contribution in [2.75, 3.05) is 61.9 Å². The number of hydrogen-bond donors (Lipinski definition) is 1. The smallest absolute Gasteiger partial charge is 0.253 e. The topological polar surface area (TPSA) is 69.0 Å². The summed E-state index contributed by atoms with van der Waals surface area (Å²) in [4.78, 5) is 30.8. The van der Waals surface area contributed by atoms with E-state index in [-0.39, 0.29) is 6.04 Å². The molecule has 0 radical (unpaired) electrons. The van der Waals surface area contributed by atoms with Crippen LogP contribution in [0.4, 0.5) is 17.1 Å². The van der Waals surface area contributed by atoms with Crippen LogP contribution in [-0.2, 0) is 0 Å². The molecule has 3 aromatic rings. The second-order valence-corrected chi connectivity index (χ2v) is 8.15. The summed E-state index contributed by atoms with van der Waals surface area (Å²) in [5, 5.41) is 3.91. The third-order valence-electron chi connectivity index (χ3n) is 5.62. The van der Waals surface area contributed by atoms with Gasteiger partial charge in [0.05, 0.1) is 12.3 Å². The second-order valence-electron chi connectivity index (χ2n) is 7.71. The number of nitrogens with zero attached hydrogens (tertiary/aromatic N) is 3. The maximum atomic E-state index is 12.3. The van der Waals surface area contributed by atoms with Gasteiger partial charge in [0, 0.05) is 43.4 Å². The standard InChI is InChI=1S/C22H25ClN4O3/c1-25(2)17(18-7-4-12-30-18)14-24-19-20(22(29)21(19)28)27-10-8-26(9-11-27)16-6-3-5-15(23)13-16/h3-7,12-13,17,24H,8-11,14H2,1-2H3/t17-/m0/s1. The van der Waals surface area contributed by atoms with E-state index in [1.54, 1.807) is 6.26 Å². The number of piperazine rings is 1. The number of benzene rings is 1. The lowest BCUT2D eigenvalue weighted by Gasteiger charge is -2.38. The van der Waals surface area contributed by atoms with Gasteiger partial charge >= 0.3 is 0 Å². The van der Waals surface area contributed by atoms with Crippen molar-refractivity contribution in [3.63, 3.8) is 0 Å². The van der Waals surface area contributed by atoms with E-state index in [0.717, 1.165) is 24.5 Å². The summed E-state index contributed by atoms with van der Waals surface area (Å²) in [6, 6.07) is 11.5. The van der Waals surface area contributed by atoms with Gasteiger partial charge in [0.15, 0.2) is 0 Å². The third kappa shape index (κ3) is 3.95. The van der Waals surface area contributed by atoms with Crippen LogP contribution in [0.5, 0.6) is 0 Å². The molecule has 0 spiro atoms. The Balaban J connectivity index is 1.43. The number of halogens is 1. The van der Waals surface area contributed by atoms with Crippen LogP contribution < -0.4 is 26.0 Å². The highest BCUT2D eigenvalue weighted by atomic mass is 35.5. The largest absolute Gasteiger partial charge is 0.468 e. The molecule has 1 fully saturated rings. The SMILES string of the molecule is CN(C)[C@@H](CNc1c(N2CCN(c3cccc(Cl)c3)CC2)c(=O)c1=O)c1ccco1. The molecule has 2 aromatic carbocycles. The Morgan fingerprint density at radius 3 is 2.43 bits per heavy atom. The maximum Gasteiger partial charge on any atom is 0.253 e. The highest BCUT2D eigenvalue weighted by Gasteiger charge is 2.29. The van der Waals surface area contributed by atoms with Gasteiger partial charge in [-0.1, -0.05) is 17.7 Å². The molecule has 1 aromatic heterocycles. The van der Waals surface area contributed by atoms with Crippen LogP contribution in [0.1, 0.15) is 11.8 Å². The minimum absolute atomic E-state index is 0.0445. The zero-order chi connectivity index (χ0) is 21.3. The number of rotatable bonds is 7. The van der Waals surface area contributed by atoms with Crippen molar-refractivity contribution in [3.05, 3.63) is 73.9 Å². The first-order valence-electron chi connectivity index (χ1n) is 9.98. The Morgan fingerprint density at radius 1 is 1.07 bits per heavy atom. The van der Waals surface area contributed by atoms with E-state index >= 15 is 0 Å². The lowest BCUT2D eigenvalue weighted by atomic mass is 10.1. The van der Waals surface area contributed by atoms with Gasteiger partial charge in [0.2, 0.25) is 0 Å². The molecular formula is C22H25ClN4O3. The van der Waals surface area contributed by atoms with Crippen molar-refractivity contribution >= 4 is 28.7 Å². The van der Waals surface area contributed by atoms with Gasteiger partial charge in [-0.2, -0.15) is 0 Å². The average Bonchev–Trinajstić information content (AvgIpc) is 3.27. The number of hydrogen-bond acceptors (Lipinski definition) is 7. The summed E-state index contributed by atoms with van der Waals surface area (Å²) >= 11 is 6.10. The fourth-order valence-electron chi connectivity index (χ4n) is 3.92. The normalized spacial score (nSPS) is 15.7. The van der Waals surface area contributed by atoms with Crippen LogP contribution in [0.2, 0.25) is 5.02 Å². The van der Waals surface area contributed by atoms with E-state index in [1.807, 2.05) is 60.3 Å². The van der Waals surface area contributed by atoms with Crippen LogP contribution in [0.3, 0.4) is 0 Å². The van der Waals surface area contributed by atoms with Gasteiger partial charge in [0.25, 0.3) is 10.9 Å². The van der Waals surface area contributed by atoms with Crippen molar-refractivity contribution in [1.29, 1.82) is 0 Å². The third-order valence-corrected chi connectivity index (χ3v) is 5.86. The van der Waals surface area contributed by atoms with Crippen molar-refractivity contribution in [2.45, 2.75) is 6.04 Å². The molecular weight excluding hydrogens is 404 g/mol. The van der Waals surface area contributed by atoms with Crippen LogP contribution in [0.15, 0.2) is 56.7 Å². The van der Waals surface area contributed by atoms with E-state index in [4.69, 9.17) is 16.0 Å². The molecule has 8 heteroatoms. The summed E-state index contributed by atoms with van der Waals surface area (Å²) in [7, 11) is 3.90. The van der Waals surface area contributed by atoms with E-state index in [2.05, 4.69) is 10.2 Å². The summed E-state index contributed by atoms with van der Waals surface area (Å²) < 4.78 is 5.52. The van der Waals surface area contributed by atoms with E-state index in [9.17, 15) is 9.59 Å². The molecule has 4 rings (SSSR count). The first-order chi connectivity index (χ1) is 14.5. The second kappa shape index (κ2) is 8.53. The van der Waals surface area contributed by atoms with Crippen molar-refractivity contribution in [3.8, 4) is 0 Å². The van der Waals surface area contributed by atoms with Crippen LogP contribution >= 0.6 is 11.6 Å². The first-order valence-corrected chi connectivity index (χ1v) is 10.4. The monoisotopic (exact) mass is 428 g/mol. The van der Waals surface area contributed by atoms with Crippen LogP contribution in [0, 0.1) is 0 Å². The number of likely N-dealkylation sites (N-methyl/N-ethyl adjacent to an activating group) is 1. The summed E-state index contributed by atoms with van der Waals surface area (Å²) in [5.41, 5.74) is 1.13. The molecule has 1 aliphatic heterocycles. The maximum absolute atomic E-state index is 12.3. The Morgan fingerprint density at radius 2 is 1.80 bits per heavy atom. The number of furan rings is 1. The molecule has 1 saturated heterocycles. The zero-order valence-corrected chi connectivity index (χ0v) is 17.9. The Bertz CT molecular complexity index is 1060. The summed E-state index contributed by atoms with van der Waals surface area (Å²) in [6.45, 7) is 3.32. The predicted molar refractivity (Wildman–Crippen MR) is 121 cm³/mol. The van der Waals surface area contributed by atoms with Crippen molar-refractivity contribution in [1.82, 2.24) is 4.90 Å². The molecule has 30 heavy (non-hydrogen) atoms. The molecule has 7 nitrogen and oxygen atoms in total. The minimum Gasteiger partial charge on any atom is -0.468 e. The molecule has 0 unspecified atom stereocenters. The molecule has 0 aliphatic carbocycles. The minimum atomic E-state index is -0.445. The van der Waals surface area contributed by atoms with Crippen LogP contribution in [-0.4, -0.2) is 51.7 Å². The summed E-state index contributed by atoms with van der Waals surface area (Å²) in [6.07, 6.45) is 1.63. The molecule has 1 aliphatic rings. The quantitative estimate of drug-likeness (QED) is 0.580. The molecule has 158 valence electrons. The molecule has 0 bridgehead atoms. The van der Waals surface area contributed by atoms with Gasteiger partial charge in [-0.25, -0.2) is 0 Å². The highest BCUT2D eigenvalue weighted by molar-refractivity contribution is 6.30. The molecule has 0 saturated carbocycles. The van der Waals surface area contributed by atoms with E-state index < -0.39 is 10.9 Å². The average molecular weight is 429 g/mol. The molecule has 2 heterocycles. The van der Waals surface area contributed by atoms with Gasteiger partial charge in [-0.05, 0) is 44.4 Å². The number of nitrogens with one attached hydrogen (secondary N) is 1. The van der Waals surface area contributed by atoms with Crippen molar-refractivity contribution in [2.24, 2.45) is 0 Å². The fourth-order valence-corrected chi connectivity index (χ4v) is 4.11. The van der Waals surface area contributed by atoms with Gasteiger partial charge < -0.3 is 19.5 Å². The molecule has 1 atom stereocenters. The number of anilines is 3. The van der Waals surface area contributed by atoms with E-state index in [1.165, 1.54) is 0 Å². The predicted octanol–water partition coefficient (Wildman–Crippen LogP) is 2.57. The summed E-state index contributed by atoms with van der Waals surface area (Å²) in [5.74, 6) is 0.808. The lowest BCUT2D eigenvalue weighted by molar-refractivity contribution is 0.269. The van der Waals surface area contributed by atoms with E-state index in [0.29, 0.717) is 36.0 Å². The molecule has 1 N–H and O–H groups in total. The van der Waals surface area contributed by atoms with Gasteiger partial charge in [0.1, 0.15) is 17.1 Å². The highest BCUT2D eigenvalue weighted by Crippen LogP contribution is 2.26. The zero-order valence-electron chi connectivity index (χ0n) is 17.1. The molecule has 0 amide bonds. The van der Waals surface area contributed by atoms with Gasteiger partial charge in [-0.15, -0.1) is 0 Å². The Kier molecular flexibility index (Phi) is 5.83. The Hall–Kier alpha value is -2.77. The Labute approximate surface area is 180 Å². The van der Waals surface area contributed by atoms with Gasteiger partial charge in [-0.3, -0.25) is 14.5 Å². The van der Waals surface area contributed by atoms with Crippen LogP contribution in [0.25, 0.3) is 0 Å². The first kappa shape index (κ1) is 20.5. The lowest BCUT2D eigenvalue weighted by Crippen LogP contribution is -2.51. The van der Waals surface area contributed by atoms with Crippen molar-refractivity contribution < 1.29 is 4.42 Å². The fraction of sp³-hybridized carbons (Fsp3) is 0.364.